The normalized spacial score (nSPS) is 19.6. The zero-order chi connectivity index (χ0) is 12.4. The SMILES string of the molecule is CO[C@@H]1CCN(C(=O)c2cc(N)cc(Cl)c2)C1. The monoisotopic (exact) mass is 254 g/mol. The lowest BCUT2D eigenvalue weighted by Gasteiger charge is -2.16. The van der Waals surface area contributed by atoms with E-state index in [0.29, 0.717) is 29.4 Å². The summed E-state index contributed by atoms with van der Waals surface area (Å²) < 4.78 is 5.23. The van der Waals surface area contributed by atoms with Crippen LogP contribution in [0.1, 0.15) is 16.8 Å². The van der Waals surface area contributed by atoms with Crippen LogP contribution in [0.25, 0.3) is 0 Å². The number of amides is 1. The van der Waals surface area contributed by atoms with E-state index in [1.54, 1.807) is 30.2 Å². The van der Waals surface area contributed by atoms with Gasteiger partial charge in [0.05, 0.1) is 6.10 Å². The first-order valence-corrected chi connectivity index (χ1v) is 5.86. The zero-order valence-electron chi connectivity index (χ0n) is 9.65. The summed E-state index contributed by atoms with van der Waals surface area (Å²) in [6, 6.07) is 4.91. The number of likely N-dealkylation sites (tertiary alicyclic amines) is 1. The van der Waals surface area contributed by atoms with Gasteiger partial charge in [-0.15, -0.1) is 0 Å². The second kappa shape index (κ2) is 4.94. The Labute approximate surface area is 105 Å². The second-order valence-corrected chi connectivity index (χ2v) is 4.61. The minimum atomic E-state index is -0.0428. The van der Waals surface area contributed by atoms with Crippen molar-refractivity contribution in [3.8, 4) is 0 Å². The van der Waals surface area contributed by atoms with Gasteiger partial charge in [0.2, 0.25) is 0 Å². The molecule has 1 saturated heterocycles. The van der Waals surface area contributed by atoms with Crippen molar-refractivity contribution in [2.45, 2.75) is 12.5 Å². The van der Waals surface area contributed by atoms with Crippen LogP contribution in [0.4, 0.5) is 5.69 Å². The van der Waals surface area contributed by atoms with Crippen LogP contribution in [0.3, 0.4) is 0 Å². The molecular weight excluding hydrogens is 240 g/mol. The number of carbonyl (C=O) groups is 1. The van der Waals surface area contributed by atoms with Crippen molar-refractivity contribution in [3.63, 3.8) is 0 Å². The quantitative estimate of drug-likeness (QED) is 0.819. The number of anilines is 1. The second-order valence-electron chi connectivity index (χ2n) is 4.17. The lowest BCUT2D eigenvalue weighted by molar-refractivity contribution is 0.0724. The van der Waals surface area contributed by atoms with E-state index in [4.69, 9.17) is 22.1 Å². The molecule has 0 saturated carbocycles. The van der Waals surface area contributed by atoms with Gasteiger partial charge in [-0.2, -0.15) is 0 Å². The van der Waals surface area contributed by atoms with Crippen LogP contribution in [0.2, 0.25) is 5.02 Å². The minimum Gasteiger partial charge on any atom is -0.399 e. The van der Waals surface area contributed by atoms with Crippen LogP contribution in [-0.4, -0.2) is 37.1 Å². The minimum absolute atomic E-state index is 0.0428. The molecule has 1 aromatic rings. The van der Waals surface area contributed by atoms with Crippen molar-refractivity contribution in [3.05, 3.63) is 28.8 Å². The van der Waals surface area contributed by atoms with Crippen molar-refractivity contribution in [2.75, 3.05) is 25.9 Å². The number of nitrogen functional groups attached to an aromatic ring is 1. The molecule has 92 valence electrons. The van der Waals surface area contributed by atoms with Crippen LogP contribution in [0.5, 0.6) is 0 Å². The molecule has 1 aromatic carbocycles. The van der Waals surface area contributed by atoms with Crippen LogP contribution in [0.15, 0.2) is 18.2 Å². The molecule has 0 aromatic heterocycles. The van der Waals surface area contributed by atoms with E-state index in [1.165, 1.54) is 0 Å². The summed E-state index contributed by atoms with van der Waals surface area (Å²) in [5.41, 5.74) is 6.71. The summed E-state index contributed by atoms with van der Waals surface area (Å²) in [4.78, 5) is 13.9. The van der Waals surface area contributed by atoms with Crippen LogP contribution < -0.4 is 5.73 Å². The molecule has 1 aliphatic rings. The fourth-order valence-electron chi connectivity index (χ4n) is 2.02. The van der Waals surface area contributed by atoms with E-state index in [1.807, 2.05) is 0 Å². The van der Waals surface area contributed by atoms with Gasteiger partial charge in [-0.25, -0.2) is 0 Å². The van der Waals surface area contributed by atoms with Gasteiger partial charge >= 0.3 is 0 Å². The molecule has 0 bridgehead atoms. The van der Waals surface area contributed by atoms with Gasteiger partial charge in [0, 0.05) is 36.5 Å². The first-order valence-electron chi connectivity index (χ1n) is 5.48. The fourth-order valence-corrected chi connectivity index (χ4v) is 2.27. The highest BCUT2D eigenvalue weighted by atomic mass is 35.5. The van der Waals surface area contributed by atoms with Gasteiger partial charge in [-0.1, -0.05) is 11.6 Å². The number of hydrogen-bond acceptors (Lipinski definition) is 3. The van der Waals surface area contributed by atoms with E-state index >= 15 is 0 Å². The molecule has 1 fully saturated rings. The number of methoxy groups -OCH3 is 1. The number of carbonyl (C=O) groups excluding carboxylic acids is 1. The Hall–Kier alpha value is -1.26. The molecule has 4 nitrogen and oxygen atoms in total. The third kappa shape index (κ3) is 2.70. The predicted molar refractivity (Wildman–Crippen MR) is 67.2 cm³/mol. The highest BCUT2D eigenvalue weighted by Crippen LogP contribution is 2.20. The largest absolute Gasteiger partial charge is 0.399 e. The van der Waals surface area contributed by atoms with E-state index in [-0.39, 0.29) is 12.0 Å². The average molecular weight is 255 g/mol. The Kier molecular flexibility index (Phi) is 3.54. The molecule has 0 radical (unpaired) electrons. The number of nitrogens with zero attached hydrogens (tertiary/aromatic N) is 1. The van der Waals surface area contributed by atoms with Gasteiger partial charge in [-0.05, 0) is 24.6 Å². The molecule has 2 N–H and O–H groups in total. The third-order valence-electron chi connectivity index (χ3n) is 2.93. The lowest BCUT2D eigenvalue weighted by Crippen LogP contribution is -2.30. The van der Waals surface area contributed by atoms with Gasteiger partial charge in [0.15, 0.2) is 0 Å². The van der Waals surface area contributed by atoms with Gasteiger partial charge in [0.1, 0.15) is 0 Å². The Balaban J connectivity index is 2.14. The smallest absolute Gasteiger partial charge is 0.254 e. The van der Waals surface area contributed by atoms with Crippen molar-refractivity contribution in [2.24, 2.45) is 0 Å². The zero-order valence-corrected chi connectivity index (χ0v) is 10.4. The standard InChI is InChI=1S/C12H15ClN2O2/c1-17-11-2-3-15(7-11)12(16)8-4-9(13)6-10(14)5-8/h4-6,11H,2-3,7,14H2,1H3/t11-/m1/s1. The maximum Gasteiger partial charge on any atom is 0.254 e. The molecule has 1 aliphatic heterocycles. The van der Waals surface area contributed by atoms with Crippen molar-refractivity contribution >= 4 is 23.2 Å². The number of ether oxygens (including phenoxy) is 1. The van der Waals surface area contributed by atoms with E-state index in [2.05, 4.69) is 0 Å². The van der Waals surface area contributed by atoms with Crippen LogP contribution in [0, 0.1) is 0 Å². The number of hydrogen-bond donors (Lipinski definition) is 1. The van der Waals surface area contributed by atoms with Gasteiger partial charge in [0.25, 0.3) is 5.91 Å². The summed E-state index contributed by atoms with van der Waals surface area (Å²) >= 11 is 5.88. The maximum atomic E-state index is 12.2. The van der Waals surface area contributed by atoms with Crippen LogP contribution >= 0.6 is 11.6 Å². The van der Waals surface area contributed by atoms with Crippen molar-refractivity contribution in [1.29, 1.82) is 0 Å². The van der Waals surface area contributed by atoms with Gasteiger partial charge < -0.3 is 15.4 Å². The molecule has 1 heterocycles. The number of rotatable bonds is 2. The Morgan fingerprint density at radius 2 is 2.29 bits per heavy atom. The van der Waals surface area contributed by atoms with Crippen molar-refractivity contribution < 1.29 is 9.53 Å². The first kappa shape index (κ1) is 12.2. The first-order chi connectivity index (χ1) is 8.10. The van der Waals surface area contributed by atoms with E-state index in [0.717, 1.165) is 6.42 Å². The van der Waals surface area contributed by atoms with Gasteiger partial charge in [-0.3, -0.25) is 4.79 Å². The molecular formula is C12H15ClN2O2. The highest BCUT2D eigenvalue weighted by Gasteiger charge is 2.26. The molecule has 1 amide bonds. The summed E-state index contributed by atoms with van der Waals surface area (Å²) in [5.74, 6) is -0.0428. The van der Waals surface area contributed by atoms with Crippen LogP contribution in [-0.2, 0) is 4.74 Å². The molecule has 0 aliphatic carbocycles. The maximum absolute atomic E-state index is 12.2. The molecule has 2 rings (SSSR count). The van der Waals surface area contributed by atoms with Crippen molar-refractivity contribution in [1.82, 2.24) is 4.90 Å². The number of nitrogens with two attached hydrogens (primary N) is 1. The molecule has 17 heavy (non-hydrogen) atoms. The predicted octanol–water partition coefficient (Wildman–Crippen LogP) is 1.78. The Bertz CT molecular complexity index is 416. The Morgan fingerprint density at radius 1 is 1.53 bits per heavy atom. The fraction of sp³-hybridized carbons (Fsp3) is 0.417. The number of halogens is 1. The molecule has 5 heteroatoms. The van der Waals surface area contributed by atoms with E-state index in [9.17, 15) is 4.79 Å². The highest BCUT2D eigenvalue weighted by molar-refractivity contribution is 6.31. The molecule has 0 spiro atoms. The third-order valence-corrected chi connectivity index (χ3v) is 3.15. The summed E-state index contributed by atoms with van der Waals surface area (Å²) in [6.07, 6.45) is 1.01. The summed E-state index contributed by atoms with van der Waals surface area (Å²) in [6.45, 7) is 1.34. The summed E-state index contributed by atoms with van der Waals surface area (Å²) in [5, 5.41) is 0.482. The average Bonchev–Trinajstić information content (AvgIpc) is 2.75. The summed E-state index contributed by atoms with van der Waals surface area (Å²) in [7, 11) is 1.66. The molecule has 0 unspecified atom stereocenters. The number of benzene rings is 1. The Morgan fingerprint density at radius 3 is 2.88 bits per heavy atom. The topological polar surface area (TPSA) is 55.6 Å². The lowest BCUT2D eigenvalue weighted by atomic mass is 10.2. The molecule has 1 atom stereocenters. The van der Waals surface area contributed by atoms with E-state index < -0.39 is 0 Å².